The van der Waals surface area contributed by atoms with Gasteiger partial charge in [0.25, 0.3) is 0 Å². The van der Waals surface area contributed by atoms with E-state index in [-0.39, 0.29) is 17.4 Å². The summed E-state index contributed by atoms with van der Waals surface area (Å²) < 4.78 is 0. The van der Waals surface area contributed by atoms with E-state index in [2.05, 4.69) is 17.6 Å². The molecule has 1 atom stereocenters. The average Bonchev–Trinajstić information content (AvgIpc) is 2.93. The van der Waals surface area contributed by atoms with E-state index in [4.69, 9.17) is 5.11 Å². The highest BCUT2D eigenvalue weighted by atomic mass is 16.4. The number of urea groups is 1. The fourth-order valence-corrected chi connectivity index (χ4v) is 1.59. The molecule has 0 aromatic heterocycles. The maximum Gasteiger partial charge on any atom is 0.326 e. The fourth-order valence-electron chi connectivity index (χ4n) is 1.59. The Kier molecular flexibility index (Phi) is 4.37. The number of carboxylic acids is 1. The van der Waals surface area contributed by atoms with E-state index in [0.29, 0.717) is 13.0 Å². The Bertz CT molecular complexity index is 298. The van der Waals surface area contributed by atoms with Crippen molar-refractivity contribution in [1.29, 1.82) is 0 Å². The average molecular weight is 242 g/mol. The third-order valence-electron chi connectivity index (χ3n) is 3.09. The maximum atomic E-state index is 11.5. The number of hydrogen-bond donors (Lipinski definition) is 3. The summed E-state index contributed by atoms with van der Waals surface area (Å²) in [5, 5.41) is 14.2. The summed E-state index contributed by atoms with van der Waals surface area (Å²) in [6.45, 7) is 6.59. The Labute approximate surface area is 102 Å². The van der Waals surface area contributed by atoms with Crippen LogP contribution in [0, 0.1) is 11.3 Å². The Morgan fingerprint density at radius 1 is 1.35 bits per heavy atom. The second kappa shape index (κ2) is 5.38. The molecule has 17 heavy (non-hydrogen) atoms. The Morgan fingerprint density at radius 2 is 1.94 bits per heavy atom. The van der Waals surface area contributed by atoms with E-state index in [0.717, 1.165) is 12.8 Å². The van der Waals surface area contributed by atoms with Crippen LogP contribution in [-0.2, 0) is 4.79 Å². The van der Waals surface area contributed by atoms with E-state index in [9.17, 15) is 9.59 Å². The van der Waals surface area contributed by atoms with Crippen LogP contribution in [-0.4, -0.2) is 29.7 Å². The zero-order chi connectivity index (χ0) is 13.1. The van der Waals surface area contributed by atoms with Crippen LogP contribution < -0.4 is 10.6 Å². The second-order valence-corrected chi connectivity index (χ2v) is 5.66. The van der Waals surface area contributed by atoms with Gasteiger partial charge in [-0.1, -0.05) is 20.8 Å². The van der Waals surface area contributed by atoms with Gasteiger partial charge in [0.2, 0.25) is 0 Å². The summed E-state index contributed by atoms with van der Waals surface area (Å²) in [6.07, 6.45) is 2.70. The topological polar surface area (TPSA) is 78.4 Å². The summed E-state index contributed by atoms with van der Waals surface area (Å²) in [5.74, 6) is -0.746. The number of amides is 2. The molecule has 0 aromatic rings. The lowest BCUT2D eigenvalue weighted by Gasteiger charge is -2.18. The number of hydrogen-bond acceptors (Lipinski definition) is 2. The highest BCUT2D eigenvalue weighted by Crippen LogP contribution is 2.43. The monoisotopic (exact) mass is 242 g/mol. The van der Waals surface area contributed by atoms with E-state index < -0.39 is 12.0 Å². The van der Waals surface area contributed by atoms with E-state index in [1.54, 1.807) is 0 Å². The predicted molar refractivity (Wildman–Crippen MR) is 64.8 cm³/mol. The van der Waals surface area contributed by atoms with E-state index >= 15 is 0 Å². The first-order valence-electron chi connectivity index (χ1n) is 6.09. The molecule has 0 saturated heterocycles. The Morgan fingerprint density at radius 3 is 2.35 bits per heavy atom. The number of carbonyl (C=O) groups excluding carboxylic acids is 1. The van der Waals surface area contributed by atoms with Gasteiger partial charge in [0.05, 0.1) is 0 Å². The van der Waals surface area contributed by atoms with Crippen LogP contribution in [0.4, 0.5) is 4.79 Å². The largest absolute Gasteiger partial charge is 0.480 e. The Balaban J connectivity index is 2.32. The molecule has 0 heterocycles. The van der Waals surface area contributed by atoms with Crippen LogP contribution in [0.15, 0.2) is 0 Å². The molecule has 98 valence electrons. The smallest absolute Gasteiger partial charge is 0.326 e. The number of aliphatic carboxylic acids is 1. The summed E-state index contributed by atoms with van der Waals surface area (Å²) in [4.78, 5) is 22.5. The van der Waals surface area contributed by atoms with Crippen LogP contribution >= 0.6 is 0 Å². The molecule has 0 radical (unpaired) electrons. The van der Waals surface area contributed by atoms with Crippen molar-refractivity contribution in [2.75, 3.05) is 6.54 Å². The molecule has 5 heteroatoms. The van der Waals surface area contributed by atoms with Gasteiger partial charge in [-0.15, -0.1) is 0 Å². The van der Waals surface area contributed by atoms with Crippen molar-refractivity contribution in [3.05, 3.63) is 0 Å². The quantitative estimate of drug-likeness (QED) is 0.661. The number of carbonyl (C=O) groups is 2. The lowest BCUT2D eigenvalue weighted by atomic mass is 10.0. The van der Waals surface area contributed by atoms with Crippen LogP contribution in [0.1, 0.15) is 40.0 Å². The molecule has 1 saturated carbocycles. The molecule has 1 aliphatic rings. The third-order valence-corrected chi connectivity index (χ3v) is 3.09. The van der Waals surface area contributed by atoms with Crippen molar-refractivity contribution in [2.24, 2.45) is 11.3 Å². The third kappa shape index (κ3) is 5.06. The molecule has 2 amide bonds. The van der Waals surface area contributed by atoms with Crippen LogP contribution in [0.2, 0.25) is 0 Å². The standard InChI is InChI=1S/C12H22N2O3/c1-8(2)6-9(10(15)16)14-11(17)13-7-12(3)4-5-12/h8-9H,4-7H2,1-3H3,(H,15,16)(H2,13,14,17)/t9-/m1/s1. The van der Waals surface area contributed by atoms with Crippen LogP contribution in [0.3, 0.4) is 0 Å². The normalized spacial score (nSPS) is 18.6. The zero-order valence-electron chi connectivity index (χ0n) is 10.7. The summed E-state index contributed by atoms with van der Waals surface area (Å²) in [7, 11) is 0. The molecule has 1 fully saturated rings. The predicted octanol–water partition coefficient (Wildman–Crippen LogP) is 1.59. The van der Waals surface area contributed by atoms with Gasteiger partial charge in [0.1, 0.15) is 6.04 Å². The molecule has 0 bridgehead atoms. The van der Waals surface area contributed by atoms with Crippen molar-refractivity contribution < 1.29 is 14.7 Å². The van der Waals surface area contributed by atoms with Crippen molar-refractivity contribution in [2.45, 2.75) is 46.1 Å². The molecule has 5 nitrogen and oxygen atoms in total. The lowest BCUT2D eigenvalue weighted by molar-refractivity contribution is -0.139. The number of nitrogens with one attached hydrogen (secondary N) is 2. The molecule has 1 aliphatic carbocycles. The van der Waals surface area contributed by atoms with Gasteiger partial charge in [-0.3, -0.25) is 0 Å². The van der Waals surface area contributed by atoms with E-state index in [1.807, 2.05) is 13.8 Å². The minimum Gasteiger partial charge on any atom is -0.480 e. The molecule has 0 unspecified atom stereocenters. The lowest BCUT2D eigenvalue weighted by Crippen LogP contribution is -2.47. The maximum absolute atomic E-state index is 11.5. The molecule has 0 spiro atoms. The molecule has 3 N–H and O–H groups in total. The van der Waals surface area contributed by atoms with Gasteiger partial charge in [-0.2, -0.15) is 0 Å². The highest BCUT2D eigenvalue weighted by molar-refractivity contribution is 5.82. The van der Waals surface area contributed by atoms with Gasteiger partial charge in [-0.25, -0.2) is 9.59 Å². The Hall–Kier alpha value is -1.26. The fraction of sp³-hybridized carbons (Fsp3) is 0.833. The van der Waals surface area contributed by atoms with Gasteiger partial charge < -0.3 is 15.7 Å². The first kappa shape index (κ1) is 13.8. The first-order valence-corrected chi connectivity index (χ1v) is 6.09. The van der Waals surface area contributed by atoms with Gasteiger partial charge in [-0.05, 0) is 30.6 Å². The second-order valence-electron chi connectivity index (χ2n) is 5.66. The van der Waals surface area contributed by atoms with Gasteiger partial charge in [0.15, 0.2) is 0 Å². The highest BCUT2D eigenvalue weighted by Gasteiger charge is 2.37. The minimum absolute atomic E-state index is 0.230. The van der Waals surface area contributed by atoms with Crippen molar-refractivity contribution in [1.82, 2.24) is 10.6 Å². The molecule has 1 rings (SSSR count). The van der Waals surface area contributed by atoms with Gasteiger partial charge in [0, 0.05) is 6.54 Å². The number of rotatable bonds is 6. The number of carboxylic acid groups (broad SMARTS) is 1. The van der Waals surface area contributed by atoms with Crippen molar-refractivity contribution >= 4 is 12.0 Å². The summed E-state index contributed by atoms with van der Waals surface area (Å²) in [6, 6.07) is -1.19. The zero-order valence-corrected chi connectivity index (χ0v) is 10.7. The molecular formula is C12H22N2O3. The SMILES string of the molecule is CC(C)C[C@@H](NC(=O)NCC1(C)CC1)C(=O)O. The molecule has 0 aromatic carbocycles. The van der Waals surface area contributed by atoms with Crippen LogP contribution in [0.25, 0.3) is 0 Å². The van der Waals surface area contributed by atoms with Crippen molar-refractivity contribution in [3.63, 3.8) is 0 Å². The molecule has 0 aliphatic heterocycles. The van der Waals surface area contributed by atoms with Gasteiger partial charge >= 0.3 is 12.0 Å². The van der Waals surface area contributed by atoms with Crippen molar-refractivity contribution in [3.8, 4) is 0 Å². The summed E-state index contributed by atoms with van der Waals surface area (Å²) in [5.41, 5.74) is 0.230. The minimum atomic E-state index is -0.980. The summed E-state index contributed by atoms with van der Waals surface area (Å²) >= 11 is 0. The van der Waals surface area contributed by atoms with Crippen LogP contribution in [0.5, 0.6) is 0 Å². The molecular weight excluding hydrogens is 220 g/mol. The van der Waals surface area contributed by atoms with E-state index in [1.165, 1.54) is 0 Å². The first-order chi connectivity index (χ1) is 7.82.